The summed E-state index contributed by atoms with van der Waals surface area (Å²) in [5, 5.41) is 2.69. The molecular formula is C5H8NO+. The average molecular weight is 98.1 g/mol. The highest BCUT2D eigenvalue weighted by Gasteiger charge is 1.98. The van der Waals surface area contributed by atoms with Gasteiger partial charge in [-0.1, -0.05) is 0 Å². The van der Waals surface area contributed by atoms with Gasteiger partial charge >= 0.3 is 0 Å². The molecule has 7 heavy (non-hydrogen) atoms. The molecule has 1 heterocycles. The van der Waals surface area contributed by atoms with Crippen LogP contribution in [-0.4, -0.2) is 0 Å². The van der Waals surface area contributed by atoms with Gasteiger partial charge in [0.05, 0.1) is 5.56 Å². The average Bonchev–Trinajstić information content (AvgIpc) is 1.91. The molecule has 1 rings (SSSR count). The molecular weight excluding hydrogens is 90.1 g/mol. The highest BCUT2D eigenvalue weighted by Crippen LogP contribution is 1.94. The lowest BCUT2D eigenvalue weighted by molar-refractivity contribution is -0.614. The van der Waals surface area contributed by atoms with Crippen LogP contribution in [0.5, 0.6) is 0 Å². The molecule has 0 radical (unpaired) electrons. The second kappa shape index (κ2) is 1.37. The maximum Gasteiger partial charge on any atom is 0.228 e. The molecule has 38 valence electrons. The predicted molar refractivity (Wildman–Crippen MR) is 24.7 cm³/mol. The molecule has 0 aliphatic rings. The summed E-state index contributed by atoms with van der Waals surface area (Å²) < 4.78 is 4.72. The Morgan fingerprint density at radius 2 is 2.29 bits per heavy atom. The van der Waals surface area contributed by atoms with Gasteiger partial charge in [0.1, 0.15) is 0 Å². The molecule has 0 unspecified atom stereocenters. The first-order valence-electron chi connectivity index (χ1n) is 2.23. The number of hydrogen-bond donors (Lipinski definition) is 0. The summed E-state index contributed by atoms with van der Waals surface area (Å²) in [5.74, 6) is 0. The van der Waals surface area contributed by atoms with Crippen LogP contribution in [0.25, 0.3) is 0 Å². The van der Waals surface area contributed by atoms with Gasteiger partial charge in [-0.2, -0.15) is 0 Å². The summed E-state index contributed by atoms with van der Waals surface area (Å²) in [7, 11) is 0. The summed E-state index contributed by atoms with van der Waals surface area (Å²) in [6.07, 6.45) is 1.69. The Bertz CT molecular complexity index is 140. The third-order valence-electron chi connectivity index (χ3n) is 1.04. The summed E-state index contributed by atoms with van der Waals surface area (Å²) in [6.45, 7) is 3.97. The van der Waals surface area contributed by atoms with Gasteiger partial charge in [0.2, 0.25) is 5.69 Å². The monoisotopic (exact) mass is 98.1 g/mol. The lowest BCUT2D eigenvalue weighted by Crippen LogP contribution is -1.98. The van der Waals surface area contributed by atoms with Crippen molar-refractivity contribution in [3.63, 3.8) is 0 Å². The van der Waals surface area contributed by atoms with Crippen LogP contribution in [0.2, 0.25) is 0 Å². The van der Waals surface area contributed by atoms with Crippen molar-refractivity contribution in [1.82, 2.24) is 0 Å². The molecule has 1 aromatic rings. The Morgan fingerprint density at radius 3 is 2.43 bits per heavy atom. The van der Waals surface area contributed by atoms with Crippen LogP contribution in [0.4, 0.5) is 0 Å². The van der Waals surface area contributed by atoms with Crippen molar-refractivity contribution in [3.8, 4) is 0 Å². The predicted octanol–water partition coefficient (Wildman–Crippen LogP) is 0.711. The summed E-state index contributed by atoms with van der Waals surface area (Å²) >= 11 is 0. The van der Waals surface area contributed by atoms with E-state index in [0.717, 1.165) is 5.69 Å². The normalized spacial score (nSPS) is 9.43. The molecule has 0 saturated carbocycles. The first kappa shape index (κ1) is 4.37. The van der Waals surface area contributed by atoms with E-state index in [-0.39, 0.29) is 0 Å². The lowest BCUT2D eigenvalue weighted by atomic mass is 10.3. The van der Waals surface area contributed by atoms with Crippen LogP contribution in [-0.2, 0) is 0 Å². The van der Waals surface area contributed by atoms with E-state index in [2.05, 4.69) is 5.16 Å². The number of hydrogen-bond acceptors (Lipinski definition) is 1. The van der Waals surface area contributed by atoms with Crippen molar-refractivity contribution >= 4 is 0 Å². The molecule has 0 bridgehead atoms. The molecule has 0 aromatic carbocycles. The van der Waals surface area contributed by atoms with Crippen LogP contribution >= 0.6 is 0 Å². The fourth-order valence-electron chi connectivity index (χ4n) is 0.375. The van der Waals surface area contributed by atoms with Crippen LogP contribution < -0.4 is 5.16 Å². The zero-order valence-electron chi connectivity index (χ0n) is 4.49. The van der Waals surface area contributed by atoms with Gasteiger partial charge in [-0.25, -0.2) is 4.52 Å². The number of rotatable bonds is 0. The number of nitrogens with one attached hydrogen (secondary N) is 1. The Kier molecular flexibility index (Phi) is 0.855. The minimum atomic E-state index is 1.10. The Balaban J connectivity index is 3.12. The van der Waals surface area contributed by atoms with Gasteiger partial charge in [-0.05, 0) is 12.1 Å². The third-order valence-corrected chi connectivity index (χ3v) is 1.04. The summed E-state index contributed by atoms with van der Waals surface area (Å²) in [6, 6.07) is 0. The van der Waals surface area contributed by atoms with Crippen LogP contribution in [0.3, 0.4) is 0 Å². The molecule has 0 saturated heterocycles. The minimum Gasteiger partial charge on any atom is -0.246 e. The van der Waals surface area contributed by atoms with E-state index in [0.29, 0.717) is 0 Å². The molecule has 2 nitrogen and oxygen atoms in total. The number of aryl methyl sites for hydroxylation is 2. The first-order chi connectivity index (χ1) is 3.30. The third kappa shape index (κ3) is 0.633. The number of H-pyrrole nitrogens is 1. The van der Waals surface area contributed by atoms with E-state index < -0.39 is 0 Å². The van der Waals surface area contributed by atoms with Gasteiger partial charge in [0.25, 0.3) is 0 Å². The van der Waals surface area contributed by atoms with Crippen molar-refractivity contribution in [2.45, 2.75) is 13.8 Å². The van der Waals surface area contributed by atoms with E-state index in [1.165, 1.54) is 5.56 Å². The van der Waals surface area contributed by atoms with E-state index in [1.807, 2.05) is 13.8 Å². The molecule has 1 N–H and O–H groups in total. The Labute approximate surface area is 42.1 Å². The summed E-state index contributed by atoms with van der Waals surface area (Å²) in [4.78, 5) is 0. The fourth-order valence-corrected chi connectivity index (χ4v) is 0.375. The van der Waals surface area contributed by atoms with Gasteiger partial charge in [-0.3, -0.25) is 0 Å². The molecule has 0 spiro atoms. The fraction of sp³-hybridized carbons (Fsp3) is 0.400. The van der Waals surface area contributed by atoms with Gasteiger partial charge in [0.15, 0.2) is 6.26 Å². The molecule has 0 amide bonds. The maximum absolute atomic E-state index is 4.72. The molecule has 0 fully saturated rings. The number of aromatic nitrogens is 1. The van der Waals surface area contributed by atoms with Gasteiger partial charge < -0.3 is 0 Å². The minimum absolute atomic E-state index is 1.10. The highest BCUT2D eigenvalue weighted by molar-refractivity contribution is 5.04. The van der Waals surface area contributed by atoms with Crippen LogP contribution in [0.15, 0.2) is 10.8 Å². The largest absolute Gasteiger partial charge is 0.246 e. The quantitative estimate of drug-likeness (QED) is 0.469. The number of aromatic amines is 1. The van der Waals surface area contributed by atoms with E-state index in [1.54, 1.807) is 6.26 Å². The second-order valence-electron chi connectivity index (χ2n) is 1.65. The van der Waals surface area contributed by atoms with E-state index in [9.17, 15) is 0 Å². The topological polar surface area (TPSA) is 27.3 Å². The molecule has 0 aliphatic heterocycles. The van der Waals surface area contributed by atoms with Crippen LogP contribution in [0.1, 0.15) is 11.3 Å². The summed E-state index contributed by atoms with van der Waals surface area (Å²) in [5.41, 5.74) is 2.26. The zero-order valence-corrected chi connectivity index (χ0v) is 4.49. The van der Waals surface area contributed by atoms with Gasteiger partial charge in [-0.15, -0.1) is 0 Å². The smallest absolute Gasteiger partial charge is 0.228 e. The Morgan fingerprint density at radius 1 is 1.57 bits per heavy atom. The van der Waals surface area contributed by atoms with Crippen molar-refractivity contribution < 1.29 is 9.68 Å². The molecule has 0 aliphatic carbocycles. The standard InChI is InChI=1S/C5H7NO/c1-4-3-7-6-5(4)2/h3H,1-2H3/p+1. The van der Waals surface area contributed by atoms with E-state index >= 15 is 0 Å². The van der Waals surface area contributed by atoms with Crippen molar-refractivity contribution in [3.05, 3.63) is 17.5 Å². The van der Waals surface area contributed by atoms with Crippen molar-refractivity contribution in [2.24, 2.45) is 0 Å². The zero-order chi connectivity index (χ0) is 5.28. The maximum atomic E-state index is 4.72. The lowest BCUT2D eigenvalue weighted by Gasteiger charge is -1.66. The van der Waals surface area contributed by atoms with Crippen molar-refractivity contribution in [1.29, 1.82) is 0 Å². The molecule has 1 aromatic heterocycles. The van der Waals surface area contributed by atoms with Gasteiger partial charge in [0, 0.05) is 6.92 Å². The first-order valence-corrected chi connectivity index (χ1v) is 2.23. The van der Waals surface area contributed by atoms with E-state index in [4.69, 9.17) is 4.52 Å². The molecule has 0 atom stereocenters. The Hall–Kier alpha value is -0.790. The van der Waals surface area contributed by atoms with Crippen LogP contribution in [0, 0.1) is 13.8 Å². The SMILES string of the molecule is Cc1co[nH+]c1C. The highest BCUT2D eigenvalue weighted by atomic mass is 16.5. The second-order valence-corrected chi connectivity index (χ2v) is 1.65. The molecule has 2 heteroatoms. The van der Waals surface area contributed by atoms with Crippen molar-refractivity contribution in [2.75, 3.05) is 0 Å².